The van der Waals surface area contributed by atoms with Crippen LogP contribution in [0.2, 0.25) is 0 Å². The van der Waals surface area contributed by atoms with E-state index in [4.69, 9.17) is 4.74 Å². The van der Waals surface area contributed by atoms with Crippen LogP contribution in [0.25, 0.3) is 10.8 Å². The number of esters is 1. The molecular formula is C18H17O2. The van der Waals surface area contributed by atoms with Gasteiger partial charge in [0.1, 0.15) is 5.75 Å². The number of carbonyl (C=O) groups excluding carboxylic acids is 1. The van der Waals surface area contributed by atoms with Gasteiger partial charge in [-0.05, 0) is 43.7 Å². The summed E-state index contributed by atoms with van der Waals surface area (Å²) in [6.45, 7) is 2.07. The molecule has 3 rings (SSSR count). The average Bonchev–Trinajstić information content (AvgIpc) is 2.47. The number of carbonyl (C=O) groups is 1. The molecule has 0 bridgehead atoms. The van der Waals surface area contributed by atoms with Crippen LogP contribution in [-0.2, 0) is 4.79 Å². The number of fused-ring (bicyclic) bond motifs is 1. The summed E-state index contributed by atoms with van der Waals surface area (Å²) in [7, 11) is 0. The van der Waals surface area contributed by atoms with E-state index in [2.05, 4.69) is 13.0 Å². The van der Waals surface area contributed by atoms with Crippen molar-refractivity contribution in [2.45, 2.75) is 26.2 Å². The largest absolute Gasteiger partial charge is 0.425 e. The standard InChI is InChI=1S/C18H17O2/c1-13-6-4-9-15(12-13)18(19)20-17-11-5-8-14-7-2-3-10-16(14)17/h2-3,5,7-8,11-12,15H,4,6,9H2,1H3. The van der Waals surface area contributed by atoms with Crippen molar-refractivity contribution in [2.75, 3.05) is 0 Å². The fourth-order valence-corrected chi connectivity index (χ4v) is 2.69. The third-order valence-corrected chi connectivity index (χ3v) is 3.74. The molecule has 2 heteroatoms. The number of rotatable bonds is 2. The number of ether oxygens (including phenoxy) is 1. The van der Waals surface area contributed by atoms with Gasteiger partial charge >= 0.3 is 5.97 Å². The lowest BCUT2D eigenvalue weighted by Crippen LogP contribution is -2.21. The fourth-order valence-electron chi connectivity index (χ4n) is 2.69. The van der Waals surface area contributed by atoms with Crippen molar-refractivity contribution in [3.05, 3.63) is 54.1 Å². The molecular weight excluding hydrogens is 248 g/mol. The van der Waals surface area contributed by atoms with E-state index in [1.54, 1.807) is 0 Å². The van der Waals surface area contributed by atoms with Gasteiger partial charge < -0.3 is 4.74 Å². The molecule has 0 aromatic heterocycles. The molecule has 1 aliphatic carbocycles. The highest BCUT2D eigenvalue weighted by atomic mass is 16.5. The van der Waals surface area contributed by atoms with Crippen LogP contribution in [-0.4, -0.2) is 5.97 Å². The lowest BCUT2D eigenvalue weighted by molar-refractivity contribution is -0.137. The Bertz CT molecular complexity index is 665. The summed E-state index contributed by atoms with van der Waals surface area (Å²) in [5, 5.41) is 1.90. The molecule has 1 unspecified atom stereocenters. The Kier molecular flexibility index (Phi) is 3.55. The van der Waals surface area contributed by atoms with E-state index in [1.807, 2.05) is 42.5 Å². The highest BCUT2D eigenvalue weighted by Crippen LogP contribution is 2.28. The average molecular weight is 265 g/mol. The van der Waals surface area contributed by atoms with Gasteiger partial charge in [0.15, 0.2) is 0 Å². The van der Waals surface area contributed by atoms with Crippen LogP contribution in [0.1, 0.15) is 26.2 Å². The van der Waals surface area contributed by atoms with Gasteiger partial charge in [-0.25, -0.2) is 0 Å². The third kappa shape index (κ3) is 2.60. The molecule has 1 radical (unpaired) electrons. The highest BCUT2D eigenvalue weighted by Gasteiger charge is 2.21. The lowest BCUT2D eigenvalue weighted by atomic mass is 9.91. The first-order valence-corrected chi connectivity index (χ1v) is 7.02. The molecule has 1 atom stereocenters. The quantitative estimate of drug-likeness (QED) is 0.460. The van der Waals surface area contributed by atoms with E-state index >= 15 is 0 Å². The second-order valence-corrected chi connectivity index (χ2v) is 5.32. The molecule has 101 valence electrons. The SMILES string of the molecule is CC1=CC(C(=O)Oc2cccc3ccc[c]c23)CCC1. The summed E-state index contributed by atoms with van der Waals surface area (Å²) in [5.74, 6) is 0.334. The summed E-state index contributed by atoms with van der Waals surface area (Å²) in [6, 6.07) is 14.6. The Hall–Kier alpha value is -2.09. The number of allylic oxidation sites excluding steroid dienone is 1. The summed E-state index contributed by atoms with van der Waals surface area (Å²) in [5.41, 5.74) is 1.28. The molecule has 0 N–H and O–H groups in total. The molecule has 0 aliphatic heterocycles. The Morgan fingerprint density at radius 3 is 3.00 bits per heavy atom. The zero-order valence-corrected chi connectivity index (χ0v) is 11.6. The van der Waals surface area contributed by atoms with Crippen molar-refractivity contribution in [1.29, 1.82) is 0 Å². The van der Waals surface area contributed by atoms with E-state index in [1.165, 1.54) is 5.57 Å². The maximum Gasteiger partial charge on any atom is 0.318 e. The van der Waals surface area contributed by atoms with E-state index in [0.29, 0.717) is 5.75 Å². The predicted molar refractivity (Wildman–Crippen MR) is 79.5 cm³/mol. The maximum absolute atomic E-state index is 12.3. The Morgan fingerprint density at radius 2 is 2.15 bits per heavy atom. The van der Waals surface area contributed by atoms with E-state index < -0.39 is 0 Å². The van der Waals surface area contributed by atoms with E-state index in [9.17, 15) is 4.79 Å². The molecule has 0 saturated heterocycles. The van der Waals surface area contributed by atoms with Gasteiger partial charge in [0.25, 0.3) is 0 Å². The molecule has 0 fully saturated rings. The normalized spacial score (nSPS) is 18.6. The van der Waals surface area contributed by atoms with Crippen LogP contribution in [0.3, 0.4) is 0 Å². The van der Waals surface area contributed by atoms with Crippen LogP contribution < -0.4 is 4.74 Å². The molecule has 0 heterocycles. The Labute approximate surface area is 119 Å². The summed E-state index contributed by atoms with van der Waals surface area (Å²) >= 11 is 0. The van der Waals surface area contributed by atoms with Crippen molar-refractivity contribution in [3.63, 3.8) is 0 Å². The van der Waals surface area contributed by atoms with Crippen LogP contribution in [0.4, 0.5) is 0 Å². The Balaban J connectivity index is 1.86. The van der Waals surface area contributed by atoms with Crippen molar-refractivity contribution < 1.29 is 9.53 Å². The minimum Gasteiger partial charge on any atom is -0.425 e. The van der Waals surface area contributed by atoms with Crippen molar-refractivity contribution in [1.82, 2.24) is 0 Å². The number of hydrogen-bond donors (Lipinski definition) is 0. The molecule has 0 spiro atoms. The van der Waals surface area contributed by atoms with Gasteiger partial charge in [-0.15, -0.1) is 0 Å². The van der Waals surface area contributed by atoms with Crippen molar-refractivity contribution in [2.24, 2.45) is 5.92 Å². The molecule has 1 aliphatic rings. The second-order valence-electron chi connectivity index (χ2n) is 5.32. The fraction of sp³-hybridized carbons (Fsp3) is 0.278. The van der Waals surface area contributed by atoms with Gasteiger partial charge in [0.05, 0.1) is 5.92 Å². The monoisotopic (exact) mass is 265 g/mol. The summed E-state index contributed by atoms with van der Waals surface area (Å²) < 4.78 is 5.60. The van der Waals surface area contributed by atoms with Gasteiger partial charge in [0.2, 0.25) is 0 Å². The van der Waals surface area contributed by atoms with Crippen LogP contribution in [0.15, 0.2) is 48.0 Å². The molecule has 2 nitrogen and oxygen atoms in total. The number of benzene rings is 2. The predicted octanol–water partition coefficient (Wildman–Crippen LogP) is 4.29. The van der Waals surface area contributed by atoms with E-state index in [-0.39, 0.29) is 11.9 Å². The number of hydrogen-bond acceptors (Lipinski definition) is 2. The molecule has 2 aromatic carbocycles. The minimum absolute atomic E-state index is 0.109. The first-order chi connectivity index (χ1) is 9.74. The van der Waals surface area contributed by atoms with Gasteiger partial charge in [0, 0.05) is 5.39 Å². The van der Waals surface area contributed by atoms with Crippen molar-refractivity contribution in [3.8, 4) is 5.75 Å². The maximum atomic E-state index is 12.3. The zero-order valence-electron chi connectivity index (χ0n) is 11.6. The topological polar surface area (TPSA) is 26.3 Å². The summed E-state index contributed by atoms with van der Waals surface area (Å²) in [4.78, 5) is 12.3. The molecule has 2 aromatic rings. The first kappa shape index (κ1) is 12.9. The molecule has 0 amide bonds. The van der Waals surface area contributed by atoms with Gasteiger partial charge in [-0.1, -0.05) is 42.0 Å². The van der Waals surface area contributed by atoms with Crippen LogP contribution in [0, 0.1) is 12.0 Å². The first-order valence-electron chi connectivity index (χ1n) is 7.02. The molecule has 20 heavy (non-hydrogen) atoms. The third-order valence-electron chi connectivity index (χ3n) is 3.74. The zero-order chi connectivity index (χ0) is 13.9. The van der Waals surface area contributed by atoms with Gasteiger partial charge in [-0.3, -0.25) is 4.79 Å². The lowest BCUT2D eigenvalue weighted by Gasteiger charge is -2.18. The Morgan fingerprint density at radius 1 is 1.30 bits per heavy atom. The highest BCUT2D eigenvalue weighted by molar-refractivity contribution is 5.90. The second kappa shape index (κ2) is 5.49. The van der Waals surface area contributed by atoms with Crippen LogP contribution >= 0.6 is 0 Å². The summed E-state index contributed by atoms with van der Waals surface area (Å²) in [6.07, 6.45) is 5.07. The molecule has 0 saturated carbocycles. The smallest absolute Gasteiger partial charge is 0.318 e. The van der Waals surface area contributed by atoms with Gasteiger partial charge in [-0.2, -0.15) is 0 Å². The minimum atomic E-state index is -0.159. The van der Waals surface area contributed by atoms with Crippen molar-refractivity contribution >= 4 is 16.7 Å². The van der Waals surface area contributed by atoms with Crippen LogP contribution in [0.5, 0.6) is 5.75 Å². The van der Waals surface area contributed by atoms with E-state index in [0.717, 1.165) is 30.0 Å².